The van der Waals surface area contributed by atoms with Crippen LogP contribution < -0.4 is 5.32 Å². The van der Waals surface area contributed by atoms with Gasteiger partial charge in [0.05, 0.1) is 16.2 Å². The molecule has 2 N–H and O–H groups in total. The highest BCUT2D eigenvalue weighted by Crippen LogP contribution is 2.53. The largest absolute Gasteiger partial charge is 0.392 e. The van der Waals surface area contributed by atoms with Gasteiger partial charge in [0.1, 0.15) is 0 Å². The lowest BCUT2D eigenvalue weighted by Gasteiger charge is -2.55. The van der Waals surface area contributed by atoms with Crippen molar-refractivity contribution in [3.8, 4) is 0 Å². The molecule has 142 valence electrons. The van der Waals surface area contributed by atoms with Crippen molar-refractivity contribution in [3.05, 3.63) is 30.3 Å². The summed E-state index contributed by atoms with van der Waals surface area (Å²) in [5, 5.41) is 12.8. The molecule has 0 radical (unpaired) electrons. The molecule has 1 heterocycles. The molecule has 0 spiro atoms. The molecule has 3 aliphatic rings. The first kappa shape index (κ1) is 17.8. The third-order valence-corrected chi connectivity index (χ3v) is 8.76. The molecule has 0 unspecified atom stereocenters. The third kappa shape index (κ3) is 2.55. The Morgan fingerprint density at radius 2 is 1.88 bits per heavy atom. The molecule has 1 aliphatic heterocycles. The van der Waals surface area contributed by atoms with E-state index in [2.05, 4.69) is 5.32 Å². The van der Waals surface area contributed by atoms with Gasteiger partial charge in [0.2, 0.25) is 0 Å². The highest BCUT2D eigenvalue weighted by atomic mass is 32.2. The summed E-state index contributed by atoms with van der Waals surface area (Å²) in [6.07, 6.45) is 1.39. The summed E-state index contributed by atoms with van der Waals surface area (Å²) in [7, 11) is -3.32. The molecule has 0 aromatic heterocycles. The summed E-state index contributed by atoms with van der Waals surface area (Å²) in [5.41, 5.74) is -0.280. The molecule has 0 bridgehead atoms. The van der Waals surface area contributed by atoms with Gasteiger partial charge in [-0.05, 0) is 31.4 Å². The Hall–Kier alpha value is -1.60. The van der Waals surface area contributed by atoms with Crippen LogP contribution in [0.5, 0.6) is 0 Å². The van der Waals surface area contributed by atoms with Gasteiger partial charge in [-0.3, -0.25) is 0 Å². The zero-order valence-electron chi connectivity index (χ0n) is 15.1. The maximum atomic E-state index is 12.6. The number of nitrogens with one attached hydrogen (secondary N) is 1. The molecule has 2 amide bonds. The SMILES string of the molecule is CC1(C)[C@@H]2[C@@H](CCN2C(=O)NC2CC(S(=O)(=O)c3ccccc3)C2)[C@@H]1O. The molecule has 1 aromatic carbocycles. The molecule has 1 saturated heterocycles. The number of hydrogen-bond donors (Lipinski definition) is 2. The monoisotopic (exact) mass is 378 g/mol. The third-order valence-electron chi connectivity index (χ3n) is 6.57. The summed E-state index contributed by atoms with van der Waals surface area (Å²) < 4.78 is 25.2. The van der Waals surface area contributed by atoms with E-state index in [1.807, 2.05) is 18.7 Å². The zero-order valence-corrected chi connectivity index (χ0v) is 15.9. The summed E-state index contributed by atoms with van der Waals surface area (Å²) in [5.74, 6) is 0.170. The van der Waals surface area contributed by atoms with Crippen molar-refractivity contribution in [2.24, 2.45) is 11.3 Å². The van der Waals surface area contributed by atoms with Crippen molar-refractivity contribution in [1.29, 1.82) is 0 Å². The Labute approximate surface area is 154 Å². The van der Waals surface area contributed by atoms with Gasteiger partial charge in [-0.1, -0.05) is 32.0 Å². The van der Waals surface area contributed by atoms with Crippen LogP contribution >= 0.6 is 0 Å². The Kier molecular flexibility index (Phi) is 4.08. The quantitative estimate of drug-likeness (QED) is 0.840. The van der Waals surface area contributed by atoms with Gasteiger partial charge in [0, 0.05) is 30.0 Å². The number of amides is 2. The maximum absolute atomic E-state index is 12.6. The van der Waals surface area contributed by atoms with Crippen molar-refractivity contribution < 1.29 is 18.3 Å². The first-order valence-corrected chi connectivity index (χ1v) is 10.8. The van der Waals surface area contributed by atoms with Gasteiger partial charge >= 0.3 is 6.03 Å². The summed E-state index contributed by atoms with van der Waals surface area (Å²) >= 11 is 0. The topological polar surface area (TPSA) is 86.7 Å². The number of fused-ring (bicyclic) bond motifs is 1. The summed E-state index contributed by atoms with van der Waals surface area (Å²) in [4.78, 5) is 14.8. The molecule has 3 atom stereocenters. The zero-order chi connectivity index (χ0) is 18.7. The standard InChI is InChI=1S/C19H26N2O4S/c1-19(2)16-15(17(19)22)8-9-21(16)18(23)20-12-10-14(11-12)26(24,25)13-6-4-3-5-7-13/h3-7,12,14-17,22H,8-11H2,1-2H3,(H,20,23)/t12?,14?,15-,16+,17+/m1/s1. The number of aliphatic hydroxyl groups is 1. The Balaban J connectivity index is 1.34. The predicted octanol–water partition coefficient (Wildman–Crippen LogP) is 1.79. The smallest absolute Gasteiger partial charge is 0.317 e. The molecule has 4 rings (SSSR count). The van der Waals surface area contributed by atoms with Crippen LogP contribution in [0.15, 0.2) is 35.2 Å². The molecule has 3 fully saturated rings. The fourth-order valence-corrected chi connectivity index (χ4v) is 6.83. The van der Waals surface area contributed by atoms with Crippen molar-refractivity contribution >= 4 is 15.9 Å². The predicted molar refractivity (Wildman–Crippen MR) is 97.4 cm³/mol. The number of nitrogens with zero attached hydrogens (tertiary/aromatic N) is 1. The average molecular weight is 378 g/mol. The summed E-state index contributed by atoms with van der Waals surface area (Å²) in [6.45, 7) is 4.65. The minimum Gasteiger partial charge on any atom is -0.392 e. The van der Waals surface area contributed by atoms with Crippen molar-refractivity contribution in [1.82, 2.24) is 10.2 Å². The van der Waals surface area contributed by atoms with Gasteiger partial charge in [0.15, 0.2) is 9.84 Å². The first-order chi connectivity index (χ1) is 12.2. The second-order valence-corrected chi connectivity index (χ2v) is 10.7. The first-order valence-electron chi connectivity index (χ1n) is 9.27. The molecular formula is C19H26N2O4S. The molecule has 6 nitrogen and oxygen atoms in total. The molecule has 2 aliphatic carbocycles. The van der Waals surface area contributed by atoms with Crippen molar-refractivity contribution in [3.63, 3.8) is 0 Å². The summed E-state index contributed by atoms with van der Waals surface area (Å²) in [6, 6.07) is 8.33. The molecular weight excluding hydrogens is 352 g/mol. The highest BCUT2D eigenvalue weighted by molar-refractivity contribution is 7.92. The van der Waals surface area contributed by atoms with Crippen LogP contribution in [0, 0.1) is 11.3 Å². The van der Waals surface area contributed by atoms with E-state index in [1.54, 1.807) is 30.3 Å². The van der Waals surface area contributed by atoms with E-state index >= 15 is 0 Å². The van der Waals surface area contributed by atoms with Crippen LogP contribution in [0.1, 0.15) is 33.1 Å². The van der Waals surface area contributed by atoms with E-state index in [9.17, 15) is 18.3 Å². The van der Waals surface area contributed by atoms with E-state index in [1.165, 1.54) is 0 Å². The number of urea groups is 1. The van der Waals surface area contributed by atoms with Gasteiger partial charge < -0.3 is 15.3 Å². The lowest BCUT2D eigenvalue weighted by Crippen LogP contribution is -2.66. The molecule has 2 saturated carbocycles. The van der Waals surface area contributed by atoms with Gasteiger partial charge in [-0.2, -0.15) is 0 Å². The van der Waals surface area contributed by atoms with Gasteiger partial charge in [-0.25, -0.2) is 13.2 Å². The highest BCUT2D eigenvalue weighted by Gasteiger charge is 2.62. The molecule has 7 heteroatoms. The second kappa shape index (κ2) is 5.96. The van der Waals surface area contributed by atoms with Gasteiger partial charge in [-0.15, -0.1) is 0 Å². The number of likely N-dealkylation sites (tertiary alicyclic amines) is 1. The lowest BCUT2D eigenvalue weighted by atomic mass is 9.58. The van der Waals surface area contributed by atoms with E-state index in [0.717, 1.165) is 6.42 Å². The normalized spacial score (nSPS) is 35.2. The number of rotatable bonds is 3. The van der Waals surface area contributed by atoms with Crippen LogP contribution in [0.2, 0.25) is 0 Å². The number of carbonyl (C=O) groups is 1. The van der Waals surface area contributed by atoms with E-state index in [4.69, 9.17) is 0 Å². The number of sulfone groups is 1. The lowest BCUT2D eigenvalue weighted by molar-refractivity contribution is -0.135. The minimum atomic E-state index is -3.32. The van der Waals surface area contributed by atoms with Crippen LogP contribution in [0.25, 0.3) is 0 Å². The van der Waals surface area contributed by atoms with E-state index in [-0.39, 0.29) is 35.6 Å². The van der Waals surface area contributed by atoms with E-state index in [0.29, 0.717) is 24.3 Å². The van der Waals surface area contributed by atoms with Crippen molar-refractivity contribution in [2.45, 2.75) is 61.4 Å². The van der Waals surface area contributed by atoms with E-state index < -0.39 is 15.1 Å². The number of carbonyl (C=O) groups excluding carboxylic acids is 1. The van der Waals surface area contributed by atoms with Crippen LogP contribution in [0.4, 0.5) is 4.79 Å². The van der Waals surface area contributed by atoms with Crippen LogP contribution in [-0.2, 0) is 9.84 Å². The molecule has 26 heavy (non-hydrogen) atoms. The van der Waals surface area contributed by atoms with Crippen molar-refractivity contribution in [2.75, 3.05) is 6.54 Å². The number of hydrogen-bond acceptors (Lipinski definition) is 4. The fraction of sp³-hybridized carbons (Fsp3) is 0.632. The van der Waals surface area contributed by atoms with Crippen LogP contribution in [0.3, 0.4) is 0 Å². The Morgan fingerprint density at radius 1 is 1.23 bits per heavy atom. The fourth-order valence-electron chi connectivity index (χ4n) is 4.93. The Bertz CT molecular complexity index is 802. The Morgan fingerprint density at radius 3 is 2.54 bits per heavy atom. The second-order valence-electron chi connectivity index (χ2n) is 8.45. The number of aliphatic hydroxyl groups excluding tert-OH is 1. The average Bonchev–Trinajstić information content (AvgIpc) is 3.01. The van der Waals surface area contributed by atoms with Crippen LogP contribution in [-0.4, -0.2) is 54.4 Å². The molecule has 1 aromatic rings. The number of benzene rings is 1. The minimum absolute atomic E-state index is 0.0708. The van der Waals surface area contributed by atoms with Gasteiger partial charge in [0.25, 0.3) is 0 Å². The maximum Gasteiger partial charge on any atom is 0.317 e.